The summed E-state index contributed by atoms with van der Waals surface area (Å²) in [6, 6.07) is 24.0. The van der Waals surface area contributed by atoms with Gasteiger partial charge in [0.1, 0.15) is 23.1 Å². The van der Waals surface area contributed by atoms with Gasteiger partial charge in [0.2, 0.25) is 0 Å². The Morgan fingerprint density at radius 3 is 2.37 bits per heavy atom. The van der Waals surface area contributed by atoms with E-state index in [0.717, 1.165) is 61.5 Å². The van der Waals surface area contributed by atoms with Crippen molar-refractivity contribution in [2.24, 2.45) is 0 Å². The molecular formula is C37H38F2N4O3. The minimum atomic E-state index is -0.870. The number of carbonyl (C=O) groups excluding carboxylic acids is 2. The number of urea groups is 1. The summed E-state index contributed by atoms with van der Waals surface area (Å²) in [6.07, 6.45) is 2.92. The molecule has 1 saturated heterocycles. The fourth-order valence-corrected chi connectivity index (χ4v) is 6.36. The van der Waals surface area contributed by atoms with Crippen molar-refractivity contribution in [3.05, 3.63) is 119 Å². The Kier molecular flexibility index (Phi) is 9.30. The van der Waals surface area contributed by atoms with Crippen molar-refractivity contribution in [3.8, 4) is 5.75 Å². The van der Waals surface area contributed by atoms with Crippen LogP contribution in [0.4, 0.5) is 30.6 Å². The predicted molar refractivity (Wildman–Crippen MR) is 177 cm³/mol. The Bertz CT molecular complexity index is 1720. The maximum atomic E-state index is 14.0. The summed E-state index contributed by atoms with van der Waals surface area (Å²) >= 11 is 0. The molecule has 2 N–H and O–H groups in total. The number of halogens is 2. The molecule has 0 radical (unpaired) electrons. The van der Waals surface area contributed by atoms with E-state index in [9.17, 15) is 18.4 Å². The van der Waals surface area contributed by atoms with Crippen LogP contribution in [-0.4, -0.2) is 42.6 Å². The Balaban J connectivity index is 1.08. The lowest BCUT2D eigenvalue weighted by Gasteiger charge is -2.33. The maximum absolute atomic E-state index is 14.0. The van der Waals surface area contributed by atoms with Gasteiger partial charge < -0.3 is 20.3 Å². The van der Waals surface area contributed by atoms with Crippen LogP contribution in [0.3, 0.4) is 0 Å². The van der Waals surface area contributed by atoms with Crippen molar-refractivity contribution in [2.45, 2.75) is 51.7 Å². The van der Waals surface area contributed by atoms with Crippen LogP contribution >= 0.6 is 0 Å². The van der Waals surface area contributed by atoms with Gasteiger partial charge in [0.15, 0.2) is 0 Å². The van der Waals surface area contributed by atoms with Crippen LogP contribution in [0.1, 0.15) is 59.7 Å². The zero-order valence-corrected chi connectivity index (χ0v) is 26.1. The molecule has 2 aliphatic rings. The molecule has 4 aromatic rings. The average Bonchev–Trinajstić information content (AvgIpc) is 3.46. The normalized spacial score (nSPS) is 15.1. The topological polar surface area (TPSA) is 73.9 Å². The van der Waals surface area contributed by atoms with Gasteiger partial charge in [0, 0.05) is 30.0 Å². The van der Waals surface area contributed by atoms with Crippen LogP contribution in [0.15, 0.2) is 84.9 Å². The molecular weight excluding hydrogens is 586 g/mol. The van der Waals surface area contributed by atoms with Gasteiger partial charge in [-0.15, -0.1) is 0 Å². The molecule has 0 unspecified atom stereocenters. The third-order valence-electron chi connectivity index (χ3n) is 8.57. The van der Waals surface area contributed by atoms with Gasteiger partial charge in [-0.2, -0.15) is 0 Å². The quantitative estimate of drug-likeness (QED) is 0.209. The lowest BCUT2D eigenvalue weighted by molar-refractivity contribution is 0.0989. The van der Waals surface area contributed by atoms with Gasteiger partial charge >= 0.3 is 6.03 Å². The third kappa shape index (κ3) is 7.05. The summed E-state index contributed by atoms with van der Waals surface area (Å²) in [5, 5.41) is 4.84. The largest absolute Gasteiger partial charge is 0.491 e. The van der Waals surface area contributed by atoms with Crippen molar-refractivity contribution in [1.82, 2.24) is 4.90 Å². The molecule has 6 rings (SSSR count). The Morgan fingerprint density at radius 1 is 0.870 bits per heavy atom. The summed E-state index contributed by atoms with van der Waals surface area (Å²) in [6.45, 7) is 7.32. The molecule has 0 bridgehead atoms. The number of piperidine rings is 1. The lowest BCUT2D eigenvalue weighted by Crippen LogP contribution is -2.33. The van der Waals surface area contributed by atoms with Crippen molar-refractivity contribution < 1.29 is 23.1 Å². The number of amides is 3. The first-order valence-electron chi connectivity index (χ1n) is 15.8. The van der Waals surface area contributed by atoms with Gasteiger partial charge in [-0.25, -0.2) is 13.6 Å². The Hall–Kier alpha value is -4.76. The number of carbonyl (C=O) groups is 2. The van der Waals surface area contributed by atoms with Gasteiger partial charge in [0.05, 0.1) is 6.10 Å². The molecule has 2 aliphatic heterocycles. The molecule has 0 spiro atoms. The third-order valence-corrected chi connectivity index (χ3v) is 8.57. The number of hydrogen-bond acceptors (Lipinski definition) is 4. The van der Waals surface area contributed by atoms with E-state index in [0.29, 0.717) is 35.8 Å². The number of para-hydroxylation sites is 2. The second-order valence-electron chi connectivity index (χ2n) is 12.2. The van der Waals surface area contributed by atoms with E-state index >= 15 is 0 Å². The molecule has 4 aromatic carbocycles. The molecule has 7 nitrogen and oxygen atoms in total. The van der Waals surface area contributed by atoms with E-state index < -0.39 is 23.4 Å². The van der Waals surface area contributed by atoms with Gasteiger partial charge in [0.25, 0.3) is 5.91 Å². The molecule has 0 aliphatic carbocycles. The summed E-state index contributed by atoms with van der Waals surface area (Å²) in [7, 11) is 0. The van der Waals surface area contributed by atoms with Crippen LogP contribution < -0.4 is 20.3 Å². The van der Waals surface area contributed by atoms with Gasteiger partial charge in [-0.05, 0) is 111 Å². The lowest BCUT2D eigenvalue weighted by atomic mass is 9.88. The van der Waals surface area contributed by atoms with Crippen LogP contribution in [0.2, 0.25) is 0 Å². The highest BCUT2D eigenvalue weighted by Gasteiger charge is 2.27. The van der Waals surface area contributed by atoms with E-state index in [1.807, 2.05) is 30.3 Å². The average molecular weight is 625 g/mol. The molecule has 238 valence electrons. The number of rotatable bonds is 8. The predicted octanol–water partition coefficient (Wildman–Crippen LogP) is 7.98. The summed E-state index contributed by atoms with van der Waals surface area (Å²) in [5.74, 6) is -0.414. The fourth-order valence-electron chi connectivity index (χ4n) is 6.36. The van der Waals surface area contributed by atoms with Crippen LogP contribution in [0, 0.1) is 11.6 Å². The number of hydrogen-bond donors (Lipinski definition) is 2. The van der Waals surface area contributed by atoms with E-state index in [-0.39, 0.29) is 12.0 Å². The molecule has 2 heterocycles. The molecule has 46 heavy (non-hydrogen) atoms. The summed E-state index contributed by atoms with van der Waals surface area (Å²) < 4.78 is 34.0. The highest BCUT2D eigenvalue weighted by molar-refractivity contribution is 6.08. The van der Waals surface area contributed by atoms with Crippen molar-refractivity contribution in [3.63, 3.8) is 0 Å². The zero-order valence-electron chi connectivity index (χ0n) is 26.1. The van der Waals surface area contributed by atoms with Crippen LogP contribution in [0.25, 0.3) is 0 Å². The van der Waals surface area contributed by atoms with E-state index in [1.54, 1.807) is 17.0 Å². The monoisotopic (exact) mass is 624 g/mol. The second kappa shape index (κ2) is 13.7. The molecule has 9 heteroatoms. The highest BCUT2D eigenvalue weighted by atomic mass is 19.1. The first kappa shape index (κ1) is 31.2. The fraction of sp³-hybridized carbons (Fsp3) is 0.297. The number of benzene rings is 4. The number of anilines is 3. The standard InChI is InChI=1S/C37H38F2N4O3/c1-24(2)46-34-12-4-3-9-30(34)26-15-18-42(19-16-26)23-25-7-5-8-28(21-25)36(44)43-20-17-27-13-14-29(22-33(27)43)40-37(45)41-35-31(38)10-6-11-32(35)39/h3-14,21-22,24,26H,15-20,23H2,1-2H3,(H2,40,41,45). The number of likely N-dealkylation sites (tertiary alicyclic amines) is 1. The molecule has 0 atom stereocenters. The number of fused-ring (bicyclic) bond motifs is 1. The van der Waals surface area contributed by atoms with E-state index in [2.05, 4.69) is 53.6 Å². The number of ether oxygens (including phenoxy) is 1. The highest BCUT2D eigenvalue weighted by Crippen LogP contribution is 2.36. The number of nitrogens with zero attached hydrogens (tertiary/aromatic N) is 2. The first-order valence-corrected chi connectivity index (χ1v) is 15.8. The summed E-state index contributed by atoms with van der Waals surface area (Å²) in [5.41, 5.74) is 4.54. The molecule has 1 fully saturated rings. The second-order valence-corrected chi connectivity index (χ2v) is 12.2. The Morgan fingerprint density at radius 2 is 1.61 bits per heavy atom. The minimum absolute atomic E-state index is 0.115. The zero-order chi connectivity index (χ0) is 32.2. The first-order chi connectivity index (χ1) is 22.2. The minimum Gasteiger partial charge on any atom is -0.491 e. The van der Waals surface area contributed by atoms with E-state index in [1.165, 1.54) is 11.6 Å². The van der Waals surface area contributed by atoms with Crippen LogP contribution in [0.5, 0.6) is 5.75 Å². The molecule has 0 saturated carbocycles. The van der Waals surface area contributed by atoms with Crippen molar-refractivity contribution in [1.29, 1.82) is 0 Å². The maximum Gasteiger partial charge on any atom is 0.323 e. The van der Waals surface area contributed by atoms with Crippen molar-refractivity contribution >= 4 is 29.0 Å². The van der Waals surface area contributed by atoms with Gasteiger partial charge in [-0.3, -0.25) is 9.69 Å². The molecule has 0 aromatic heterocycles. The van der Waals surface area contributed by atoms with Gasteiger partial charge in [-0.1, -0.05) is 42.5 Å². The van der Waals surface area contributed by atoms with Crippen LogP contribution in [-0.2, 0) is 13.0 Å². The smallest absolute Gasteiger partial charge is 0.323 e. The Labute approximate surface area is 268 Å². The van der Waals surface area contributed by atoms with E-state index in [4.69, 9.17) is 4.74 Å². The number of nitrogens with one attached hydrogen (secondary N) is 2. The van der Waals surface area contributed by atoms with Crippen molar-refractivity contribution in [2.75, 3.05) is 35.2 Å². The summed E-state index contributed by atoms with van der Waals surface area (Å²) in [4.78, 5) is 30.4. The SMILES string of the molecule is CC(C)Oc1ccccc1C1CCN(Cc2cccc(C(=O)N3CCc4ccc(NC(=O)Nc5c(F)cccc5F)cc43)c2)CC1. The molecule has 3 amide bonds.